The number of anilines is 1. The highest BCUT2D eigenvalue weighted by Crippen LogP contribution is 2.21. The number of rotatable bonds is 7. The highest BCUT2D eigenvalue weighted by atomic mass is 16.2. The summed E-state index contributed by atoms with van der Waals surface area (Å²) in [5, 5.41) is 2.86. The zero-order valence-electron chi connectivity index (χ0n) is 17.3. The fourth-order valence-electron chi connectivity index (χ4n) is 3.74. The number of imidazole rings is 1. The van der Waals surface area contributed by atoms with Crippen molar-refractivity contribution in [3.05, 3.63) is 83.9 Å². The maximum atomic E-state index is 12.7. The Morgan fingerprint density at radius 3 is 2.52 bits per heavy atom. The largest absolute Gasteiger partial charge is 0.342 e. The van der Waals surface area contributed by atoms with E-state index in [9.17, 15) is 14.4 Å². The van der Waals surface area contributed by atoms with Crippen LogP contribution in [0.15, 0.2) is 67.0 Å². The van der Waals surface area contributed by atoms with Crippen LogP contribution < -0.4 is 5.32 Å². The van der Waals surface area contributed by atoms with Gasteiger partial charge >= 0.3 is 0 Å². The number of hydrogen-bond donors (Lipinski definition) is 1. The van der Waals surface area contributed by atoms with E-state index in [1.54, 1.807) is 53.2 Å². The van der Waals surface area contributed by atoms with Crippen molar-refractivity contribution in [2.24, 2.45) is 13.0 Å². The lowest BCUT2D eigenvalue weighted by molar-refractivity contribution is -0.128. The van der Waals surface area contributed by atoms with E-state index in [0.717, 1.165) is 6.42 Å². The van der Waals surface area contributed by atoms with E-state index in [0.29, 0.717) is 30.2 Å². The minimum atomic E-state index is -0.378. The van der Waals surface area contributed by atoms with Gasteiger partial charge in [-0.1, -0.05) is 30.3 Å². The van der Waals surface area contributed by atoms with E-state index in [4.69, 9.17) is 0 Å². The molecule has 0 saturated carbocycles. The fourth-order valence-corrected chi connectivity index (χ4v) is 3.74. The zero-order valence-corrected chi connectivity index (χ0v) is 17.3. The van der Waals surface area contributed by atoms with Gasteiger partial charge in [0, 0.05) is 50.2 Å². The topological polar surface area (TPSA) is 84.3 Å². The molecular weight excluding hydrogens is 392 g/mol. The number of nitrogens with zero attached hydrogens (tertiary/aromatic N) is 3. The molecule has 7 heteroatoms. The van der Waals surface area contributed by atoms with E-state index >= 15 is 0 Å². The Kier molecular flexibility index (Phi) is 5.93. The maximum absolute atomic E-state index is 12.7. The number of carbonyl (C=O) groups is 3. The van der Waals surface area contributed by atoms with Crippen LogP contribution in [0.2, 0.25) is 0 Å². The monoisotopic (exact) mass is 416 g/mol. The smallest absolute Gasteiger partial charge is 0.229 e. The standard InChI is InChI=1S/C24H24N4O3/c1-27-14-12-25-23(27)22(30)18-7-9-20(10-8-18)26-24(31)19-15-21(29)28(16-19)13-11-17-5-3-2-4-6-17/h2-10,12,14,19H,11,13,15-16H2,1H3,(H,26,31)/t19-/m0/s1. The van der Waals surface area contributed by atoms with E-state index in [-0.39, 0.29) is 29.9 Å². The Morgan fingerprint density at radius 1 is 1.10 bits per heavy atom. The number of likely N-dealkylation sites (tertiary alicyclic amines) is 1. The van der Waals surface area contributed by atoms with Crippen molar-refractivity contribution in [3.8, 4) is 0 Å². The molecule has 1 aliphatic heterocycles. The second kappa shape index (κ2) is 8.95. The SMILES string of the molecule is Cn1ccnc1C(=O)c1ccc(NC(=O)[C@H]2CC(=O)N(CCc3ccccc3)C2)cc1. The molecule has 3 aromatic rings. The molecule has 0 radical (unpaired) electrons. The summed E-state index contributed by atoms with van der Waals surface area (Å²) in [6.07, 6.45) is 4.28. The third kappa shape index (κ3) is 4.71. The summed E-state index contributed by atoms with van der Waals surface area (Å²) >= 11 is 0. The molecule has 1 atom stereocenters. The third-order valence-corrected chi connectivity index (χ3v) is 5.54. The second-order valence-corrected chi connectivity index (χ2v) is 7.73. The Bertz CT molecular complexity index is 1090. The van der Waals surface area contributed by atoms with Gasteiger partial charge in [0.05, 0.1) is 5.92 Å². The number of benzene rings is 2. The Hall–Kier alpha value is -3.74. The van der Waals surface area contributed by atoms with Crippen LogP contribution >= 0.6 is 0 Å². The molecule has 0 spiro atoms. The highest BCUT2D eigenvalue weighted by Gasteiger charge is 2.34. The van der Waals surface area contributed by atoms with Crippen LogP contribution in [0.3, 0.4) is 0 Å². The van der Waals surface area contributed by atoms with Gasteiger partial charge in [-0.05, 0) is 36.2 Å². The number of carbonyl (C=O) groups excluding carboxylic acids is 3. The van der Waals surface area contributed by atoms with Crippen LogP contribution in [0, 0.1) is 5.92 Å². The molecule has 0 bridgehead atoms. The van der Waals surface area contributed by atoms with Gasteiger partial charge in [0.25, 0.3) is 0 Å². The number of ketones is 1. The normalized spacial score (nSPS) is 15.8. The summed E-state index contributed by atoms with van der Waals surface area (Å²) in [5.74, 6) is -0.374. The lowest BCUT2D eigenvalue weighted by atomic mass is 10.1. The molecule has 0 unspecified atom stereocenters. The van der Waals surface area contributed by atoms with E-state index < -0.39 is 0 Å². The molecule has 1 fully saturated rings. The maximum Gasteiger partial charge on any atom is 0.229 e. The number of aromatic nitrogens is 2. The van der Waals surface area contributed by atoms with Crippen molar-refractivity contribution in [3.63, 3.8) is 0 Å². The molecule has 0 aliphatic carbocycles. The summed E-state index contributed by atoms with van der Waals surface area (Å²) in [6, 6.07) is 16.7. The predicted molar refractivity (Wildman–Crippen MR) is 117 cm³/mol. The van der Waals surface area contributed by atoms with Crippen molar-refractivity contribution in [2.45, 2.75) is 12.8 Å². The summed E-state index contributed by atoms with van der Waals surface area (Å²) in [7, 11) is 1.76. The van der Waals surface area contributed by atoms with Gasteiger partial charge in [-0.25, -0.2) is 4.98 Å². The Balaban J connectivity index is 1.32. The summed E-state index contributed by atoms with van der Waals surface area (Å²) in [5.41, 5.74) is 2.26. The number of hydrogen-bond acceptors (Lipinski definition) is 4. The van der Waals surface area contributed by atoms with Gasteiger partial charge < -0.3 is 14.8 Å². The van der Waals surface area contributed by atoms with Crippen LogP contribution in [0.1, 0.15) is 28.2 Å². The molecule has 1 aromatic heterocycles. The van der Waals surface area contributed by atoms with Gasteiger partial charge in [-0.15, -0.1) is 0 Å². The number of aryl methyl sites for hydroxylation is 1. The van der Waals surface area contributed by atoms with Gasteiger partial charge in [0.1, 0.15) is 0 Å². The summed E-state index contributed by atoms with van der Waals surface area (Å²) < 4.78 is 1.67. The second-order valence-electron chi connectivity index (χ2n) is 7.73. The van der Waals surface area contributed by atoms with Gasteiger partial charge in [0.15, 0.2) is 5.82 Å². The molecule has 1 aliphatic rings. The van der Waals surface area contributed by atoms with Crippen LogP contribution in [-0.4, -0.2) is 45.1 Å². The lowest BCUT2D eigenvalue weighted by Gasteiger charge is -2.16. The quantitative estimate of drug-likeness (QED) is 0.600. The summed E-state index contributed by atoms with van der Waals surface area (Å²) in [6.45, 7) is 1.03. The molecule has 7 nitrogen and oxygen atoms in total. The number of nitrogens with one attached hydrogen (secondary N) is 1. The third-order valence-electron chi connectivity index (χ3n) is 5.54. The highest BCUT2D eigenvalue weighted by molar-refractivity contribution is 6.07. The minimum Gasteiger partial charge on any atom is -0.342 e. The molecule has 158 valence electrons. The zero-order chi connectivity index (χ0) is 21.8. The molecular formula is C24H24N4O3. The molecule has 2 aromatic carbocycles. The average molecular weight is 416 g/mol. The molecule has 1 N–H and O–H groups in total. The van der Waals surface area contributed by atoms with Crippen molar-refractivity contribution in [1.29, 1.82) is 0 Å². The first-order chi connectivity index (χ1) is 15.0. The number of amides is 2. The molecule has 2 heterocycles. The molecule has 4 rings (SSSR count). The fraction of sp³-hybridized carbons (Fsp3) is 0.250. The molecule has 31 heavy (non-hydrogen) atoms. The minimum absolute atomic E-state index is 0.00657. The van der Waals surface area contributed by atoms with Crippen LogP contribution in [-0.2, 0) is 23.1 Å². The summed E-state index contributed by atoms with van der Waals surface area (Å²) in [4.78, 5) is 43.3. The Labute approximate surface area is 180 Å². The van der Waals surface area contributed by atoms with Crippen molar-refractivity contribution in [1.82, 2.24) is 14.5 Å². The van der Waals surface area contributed by atoms with Crippen molar-refractivity contribution >= 4 is 23.3 Å². The van der Waals surface area contributed by atoms with Gasteiger partial charge in [0.2, 0.25) is 17.6 Å². The lowest BCUT2D eigenvalue weighted by Crippen LogP contribution is -2.30. The van der Waals surface area contributed by atoms with Gasteiger partial charge in [-0.2, -0.15) is 0 Å². The van der Waals surface area contributed by atoms with Crippen molar-refractivity contribution < 1.29 is 14.4 Å². The Morgan fingerprint density at radius 2 is 1.84 bits per heavy atom. The van der Waals surface area contributed by atoms with E-state index in [2.05, 4.69) is 10.3 Å². The molecule has 2 amide bonds. The van der Waals surface area contributed by atoms with Crippen LogP contribution in [0.25, 0.3) is 0 Å². The van der Waals surface area contributed by atoms with Crippen LogP contribution in [0.4, 0.5) is 5.69 Å². The van der Waals surface area contributed by atoms with E-state index in [1.807, 2.05) is 30.3 Å². The van der Waals surface area contributed by atoms with E-state index in [1.165, 1.54) is 5.56 Å². The first kappa shape index (κ1) is 20.5. The average Bonchev–Trinajstić information content (AvgIpc) is 3.38. The van der Waals surface area contributed by atoms with Crippen LogP contribution in [0.5, 0.6) is 0 Å². The molecule has 1 saturated heterocycles. The first-order valence-corrected chi connectivity index (χ1v) is 10.3. The first-order valence-electron chi connectivity index (χ1n) is 10.3. The predicted octanol–water partition coefficient (Wildman–Crippen LogP) is 2.68. The van der Waals surface area contributed by atoms with Crippen molar-refractivity contribution in [2.75, 3.05) is 18.4 Å². The van der Waals surface area contributed by atoms with Gasteiger partial charge in [-0.3, -0.25) is 14.4 Å².